The van der Waals surface area contributed by atoms with E-state index < -0.39 is 5.97 Å². The van der Waals surface area contributed by atoms with Gasteiger partial charge in [0.05, 0.1) is 0 Å². The van der Waals surface area contributed by atoms with Gasteiger partial charge in [-0.25, -0.2) is 0 Å². The Kier molecular flexibility index (Phi) is 9.11. The number of ether oxygens (including phenoxy) is 1. The van der Waals surface area contributed by atoms with E-state index >= 15 is 0 Å². The van der Waals surface area contributed by atoms with Crippen molar-refractivity contribution < 1.29 is 19.4 Å². The topological polar surface area (TPSA) is 66.8 Å². The summed E-state index contributed by atoms with van der Waals surface area (Å²) in [5, 5.41) is 9.50. The number of rotatable bonds is 11. The molecule has 1 aliphatic heterocycles. The molecule has 0 spiro atoms. The molecule has 0 aromatic heterocycles. The number of nitrogens with zero attached hydrogens (tertiary/aromatic N) is 1. The van der Waals surface area contributed by atoms with Gasteiger partial charge in [-0.05, 0) is 84.5 Å². The van der Waals surface area contributed by atoms with E-state index in [1.807, 2.05) is 24.3 Å². The minimum absolute atomic E-state index is 0.250. The van der Waals surface area contributed by atoms with Crippen LogP contribution in [-0.4, -0.2) is 34.0 Å². The predicted octanol–water partition coefficient (Wildman–Crippen LogP) is 7.21. The number of carboxylic acids is 1. The van der Waals surface area contributed by atoms with Gasteiger partial charge in [0, 0.05) is 18.5 Å². The highest BCUT2D eigenvalue weighted by Gasteiger charge is 2.32. The summed E-state index contributed by atoms with van der Waals surface area (Å²) in [5.74, 6) is -0.00587. The fourth-order valence-electron chi connectivity index (χ4n) is 5.26. The summed E-state index contributed by atoms with van der Waals surface area (Å²) in [6, 6.07) is 22.4. The van der Waals surface area contributed by atoms with Crippen LogP contribution in [0.15, 0.2) is 66.7 Å². The molecule has 0 fully saturated rings. The van der Waals surface area contributed by atoms with E-state index in [2.05, 4.69) is 64.1 Å². The zero-order valence-electron chi connectivity index (χ0n) is 23.7. The van der Waals surface area contributed by atoms with E-state index in [1.165, 1.54) is 21.6 Å². The van der Waals surface area contributed by atoms with Crippen LogP contribution in [0.25, 0.3) is 0 Å². The van der Waals surface area contributed by atoms with E-state index in [0.29, 0.717) is 11.5 Å². The van der Waals surface area contributed by atoms with Gasteiger partial charge in [0.2, 0.25) is 0 Å². The second kappa shape index (κ2) is 12.5. The first-order valence-corrected chi connectivity index (χ1v) is 14.2. The lowest BCUT2D eigenvalue weighted by atomic mass is 9.86. The lowest BCUT2D eigenvalue weighted by molar-refractivity contribution is -0.137. The zero-order chi connectivity index (χ0) is 28.0. The molecule has 39 heavy (non-hydrogen) atoms. The van der Waals surface area contributed by atoms with Crippen LogP contribution in [0.4, 0.5) is 0 Å². The van der Waals surface area contributed by atoms with Crippen molar-refractivity contribution in [3.63, 3.8) is 0 Å². The van der Waals surface area contributed by atoms with Crippen molar-refractivity contribution in [2.24, 2.45) is 0 Å². The molecule has 1 heterocycles. The molecule has 206 valence electrons. The molecule has 5 heteroatoms. The first kappa shape index (κ1) is 28.4. The van der Waals surface area contributed by atoms with Crippen molar-refractivity contribution >= 4 is 11.9 Å². The number of hydrogen-bond acceptors (Lipinski definition) is 3. The van der Waals surface area contributed by atoms with Gasteiger partial charge in [0.15, 0.2) is 0 Å². The maximum absolute atomic E-state index is 13.4. The van der Waals surface area contributed by atoms with Crippen LogP contribution in [-0.2, 0) is 30.6 Å². The van der Waals surface area contributed by atoms with Crippen molar-refractivity contribution in [2.75, 3.05) is 6.54 Å². The van der Waals surface area contributed by atoms with Gasteiger partial charge in [-0.15, -0.1) is 0 Å². The summed E-state index contributed by atoms with van der Waals surface area (Å²) >= 11 is 0. The first-order chi connectivity index (χ1) is 18.7. The number of amides is 1. The molecular formula is C34H41NO4. The Balaban J connectivity index is 1.45. The van der Waals surface area contributed by atoms with Crippen LogP contribution in [0.3, 0.4) is 0 Å². The molecule has 1 aliphatic rings. The van der Waals surface area contributed by atoms with Crippen molar-refractivity contribution in [3.05, 3.63) is 100 Å². The smallest absolute Gasteiger partial charge is 0.323 e. The lowest BCUT2D eigenvalue weighted by Crippen LogP contribution is -2.39. The van der Waals surface area contributed by atoms with Crippen molar-refractivity contribution in [1.82, 2.24) is 4.90 Å². The Labute approximate surface area is 232 Å². The van der Waals surface area contributed by atoms with Gasteiger partial charge in [-0.3, -0.25) is 9.59 Å². The molecule has 1 atom stereocenters. The molecule has 5 nitrogen and oxygen atoms in total. The maximum Gasteiger partial charge on any atom is 0.323 e. The van der Waals surface area contributed by atoms with E-state index in [4.69, 9.17) is 4.74 Å². The largest absolute Gasteiger partial charge is 0.487 e. The van der Waals surface area contributed by atoms with E-state index in [-0.39, 0.29) is 24.6 Å². The van der Waals surface area contributed by atoms with Crippen molar-refractivity contribution in [1.29, 1.82) is 0 Å². The average molecular weight is 528 g/mol. The monoisotopic (exact) mass is 527 g/mol. The normalized spacial score (nSPS) is 16.4. The van der Waals surface area contributed by atoms with Crippen LogP contribution >= 0.6 is 0 Å². The lowest BCUT2D eigenvalue weighted by Gasteiger charge is -2.36. The Morgan fingerprint density at radius 1 is 0.974 bits per heavy atom. The predicted molar refractivity (Wildman–Crippen MR) is 155 cm³/mol. The number of fused-ring (bicyclic) bond motifs is 1. The third-order valence-corrected chi connectivity index (χ3v) is 7.64. The molecule has 1 amide bonds. The second-order valence-corrected chi connectivity index (χ2v) is 11.4. The molecule has 4 rings (SSSR count). The second-order valence-electron chi connectivity index (χ2n) is 11.4. The standard InChI is InChI=1S/C34H41NO4/c1-5-6-7-25-8-10-27(11-9-25)22-35(23-32(36)37)33(38)30-16-17-31-29(20-30)18-19-34(4,39-31)21-26-12-14-28(15-13-26)24(2)3/h8-17,20,24H,5-7,18-19,21-23H2,1-4H3,(H,36,37)/t34-/m1/s1. The average Bonchev–Trinajstić information content (AvgIpc) is 2.91. The molecule has 3 aromatic carbocycles. The Hall–Kier alpha value is -3.60. The molecule has 0 saturated carbocycles. The number of benzene rings is 3. The number of unbranched alkanes of at least 4 members (excludes halogenated alkanes) is 1. The van der Waals surface area contributed by atoms with Gasteiger partial charge in [0.25, 0.3) is 5.91 Å². The van der Waals surface area contributed by atoms with Crippen molar-refractivity contribution in [2.45, 2.75) is 84.3 Å². The van der Waals surface area contributed by atoms with Gasteiger partial charge in [-0.1, -0.05) is 75.7 Å². The highest BCUT2D eigenvalue weighted by Crippen LogP contribution is 2.36. The van der Waals surface area contributed by atoms with Crippen LogP contribution in [0, 0.1) is 0 Å². The van der Waals surface area contributed by atoms with Gasteiger partial charge in [-0.2, -0.15) is 0 Å². The van der Waals surface area contributed by atoms with E-state index in [9.17, 15) is 14.7 Å². The number of aryl methyl sites for hydroxylation is 2. The van der Waals surface area contributed by atoms with Crippen LogP contribution < -0.4 is 4.74 Å². The Morgan fingerprint density at radius 2 is 1.64 bits per heavy atom. The Morgan fingerprint density at radius 3 is 2.28 bits per heavy atom. The van der Waals surface area contributed by atoms with Crippen LogP contribution in [0.2, 0.25) is 0 Å². The zero-order valence-corrected chi connectivity index (χ0v) is 23.7. The third-order valence-electron chi connectivity index (χ3n) is 7.64. The summed E-state index contributed by atoms with van der Waals surface area (Å²) in [6.07, 6.45) is 5.75. The van der Waals surface area contributed by atoms with Crippen LogP contribution in [0.1, 0.15) is 91.1 Å². The maximum atomic E-state index is 13.4. The molecule has 0 aliphatic carbocycles. The number of carbonyl (C=O) groups excluding carboxylic acids is 1. The number of carboxylic acid groups (broad SMARTS) is 1. The highest BCUT2D eigenvalue weighted by molar-refractivity contribution is 5.96. The van der Waals surface area contributed by atoms with Crippen LogP contribution in [0.5, 0.6) is 5.75 Å². The number of hydrogen-bond donors (Lipinski definition) is 1. The SMILES string of the molecule is CCCCc1ccc(CN(CC(=O)O)C(=O)c2ccc3c(c2)CC[C@](C)(Cc2ccc(C(C)C)cc2)O3)cc1. The Bertz CT molecular complexity index is 1280. The summed E-state index contributed by atoms with van der Waals surface area (Å²) < 4.78 is 6.48. The van der Waals surface area contributed by atoms with Gasteiger partial charge < -0.3 is 14.7 Å². The van der Waals surface area contributed by atoms with E-state index in [1.54, 1.807) is 6.07 Å². The number of aliphatic carboxylic acids is 1. The minimum atomic E-state index is -1.03. The molecule has 0 bridgehead atoms. The molecule has 0 radical (unpaired) electrons. The first-order valence-electron chi connectivity index (χ1n) is 14.2. The molecule has 3 aromatic rings. The molecule has 1 N–H and O–H groups in total. The summed E-state index contributed by atoms with van der Waals surface area (Å²) in [4.78, 5) is 26.4. The van der Waals surface area contributed by atoms with Crippen molar-refractivity contribution in [3.8, 4) is 5.75 Å². The summed E-state index contributed by atoms with van der Waals surface area (Å²) in [7, 11) is 0. The minimum Gasteiger partial charge on any atom is -0.487 e. The van der Waals surface area contributed by atoms with Gasteiger partial charge >= 0.3 is 5.97 Å². The molecule has 0 unspecified atom stereocenters. The van der Waals surface area contributed by atoms with Gasteiger partial charge in [0.1, 0.15) is 17.9 Å². The molecule has 0 saturated heterocycles. The summed E-state index contributed by atoms with van der Waals surface area (Å²) in [6.45, 7) is 8.61. The molecular weight excluding hydrogens is 486 g/mol. The quantitative estimate of drug-likeness (QED) is 0.286. The number of carbonyl (C=O) groups is 2. The highest BCUT2D eigenvalue weighted by atomic mass is 16.5. The third kappa shape index (κ3) is 7.50. The summed E-state index contributed by atoms with van der Waals surface area (Å²) in [5.41, 5.74) is 5.91. The fourth-order valence-corrected chi connectivity index (χ4v) is 5.26. The van der Waals surface area contributed by atoms with E-state index in [0.717, 1.165) is 55.4 Å². The fraction of sp³-hybridized carbons (Fsp3) is 0.412.